The summed E-state index contributed by atoms with van der Waals surface area (Å²) in [6.45, 7) is 9.46. The van der Waals surface area contributed by atoms with Gasteiger partial charge in [-0.15, -0.1) is 0 Å². The van der Waals surface area contributed by atoms with Crippen LogP contribution in [0.5, 0.6) is 11.6 Å². The van der Waals surface area contributed by atoms with Crippen molar-refractivity contribution in [3.63, 3.8) is 0 Å². The van der Waals surface area contributed by atoms with E-state index in [2.05, 4.69) is 17.0 Å². The van der Waals surface area contributed by atoms with E-state index in [4.69, 9.17) is 4.74 Å². The van der Waals surface area contributed by atoms with Gasteiger partial charge in [0.2, 0.25) is 11.8 Å². The first-order chi connectivity index (χ1) is 20.1. The average Bonchev–Trinajstić information content (AvgIpc) is 3.25. The number of aryl methyl sites for hydroxylation is 4. The van der Waals surface area contributed by atoms with E-state index in [1.54, 1.807) is 18.5 Å². The maximum absolute atomic E-state index is 15.4. The first-order valence-corrected chi connectivity index (χ1v) is 14.3. The summed E-state index contributed by atoms with van der Waals surface area (Å²) in [7, 11) is 0. The predicted octanol–water partition coefficient (Wildman–Crippen LogP) is 7.35. The molecule has 0 bridgehead atoms. The lowest BCUT2D eigenvalue weighted by Gasteiger charge is -2.34. The molecule has 1 amide bonds. The highest BCUT2D eigenvalue weighted by Gasteiger charge is 2.37. The summed E-state index contributed by atoms with van der Waals surface area (Å²) in [5, 5.41) is 14.3. The number of hydrogen-bond donors (Lipinski definition) is 1. The molecule has 3 aromatic rings. The molecule has 232 valence electrons. The van der Waals surface area contributed by atoms with Gasteiger partial charge in [0.1, 0.15) is 5.56 Å². The molecule has 0 spiro atoms. The van der Waals surface area contributed by atoms with Crippen LogP contribution in [0.4, 0.5) is 23.2 Å². The van der Waals surface area contributed by atoms with E-state index >= 15 is 4.39 Å². The number of nitrogens with zero attached hydrogens (tertiary/aromatic N) is 4. The van der Waals surface area contributed by atoms with Crippen LogP contribution in [0.15, 0.2) is 30.5 Å². The molecule has 0 atom stereocenters. The molecule has 1 fully saturated rings. The van der Waals surface area contributed by atoms with Crippen LogP contribution in [0.3, 0.4) is 0 Å². The maximum Gasteiger partial charge on any atom is 0.421 e. The molecule has 0 radical (unpaired) electrons. The zero-order chi connectivity index (χ0) is 31.6. The number of alkyl halides is 3. The van der Waals surface area contributed by atoms with Crippen molar-refractivity contribution in [2.45, 2.75) is 85.5 Å². The van der Waals surface area contributed by atoms with Gasteiger partial charge >= 0.3 is 12.1 Å². The van der Waals surface area contributed by atoms with Gasteiger partial charge in [-0.05, 0) is 83.4 Å². The topological polar surface area (TPSA) is 97.5 Å². The minimum absolute atomic E-state index is 0.181. The maximum atomic E-state index is 15.4. The molecule has 0 saturated heterocycles. The molecule has 4 rings (SSSR count). The number of pyridine rings is 1. The number of aromatic carboxylic acids is 1. The van der Waals surface area contributed by atoms with E-state index in [-0.39, 0.29) is 29.5 Å². The number of benzene rings is 1. The molecule has 0 unspecified atom stereocenters. The molecule has 8 nitrogen and oxygen atoms in total. The van der Waals surface area contributed by atoms with E-state index in [1.807, 2.05) is 19.9 Å². The number of aromatic nitrogens is 3. The van der Waals surface area contributed by atoms with Crippen LogP contribution < -0.4 is 9.64 Å². The number of amides is 1. The third-order valence-corrected chi connectivity index (χ3v) is 7.79. The first-order valence-electron chi connectivity index (χ1n) is 14.3. The summed E-state index contributed by atoms with van der Waals surface area (Å²) < 4.78 is 64.6. The second kappa shape index (κ2) is 12.7. The minimum atomic E-state index is -4.89. The summed E-state index contributed by atoms with van der Waals surface area (Å²) in [6.07, 6.45) is -0.512. The Morgan fingerprint density at radius 1 is 1.12 bits per heavy atom. The second-order valence-electron chi connectivity index (χ2n) is 11.6. The molecule has 43 heavy (non-hydrogen) atoms. The van der Waals surface area contributed by atoms with Crippen molar-refractivity contribution < 1.29 is 37.0 Å². The Labute approximate surface area is 247 Å². The number of rotatable bonds is 9. The van der Waals surface area contributed by atoms with Gasteiger partial charge in [-0.2, -0.15) is 18.3 Å². The van der Waals surface area contributed by atoms with Crippen molar-refractivity contribution in [1.82, 2.24) is 14.8 Å². The van der Waals surface area contributed by atoms with E-state index in [0.717, 1.165) is 42.4 Å². The molecule has 0 aliphatic heterocycles. The van der Waals surface area contributed by atoms with Crippen molar-refractivity contribution in [2.75, 3.05) is 4.90 Å². The highest BCUT2D eigenvalue weighted by molar-refractivity contribution is 6.03. The molecule has 1 aliphatic carbocycles. The Kier molecular flexibility index (Phi) is 9.46. The number of carbonyl (C=O) groups is 2. The van der Waals surface area contributed by atoms with Crippen molar-refractivity contribution in [2.24, 2.45) is 11.8 Å². The van der Waals surface area contributed by atoms with Gasteiger partial charge in [-0.1, -0.05) is 6.92 Å². The summed E-state index contributed by atoms with van der Waals surface area (Å²) >= 11 is 0. The molecule has 12 heteroatoms. The van der Waals surface area contributed by atoms with Crippen molar-refractivity contribution in [1.29, 1.82) is 0 Å². The lowest BCUT2D eigenvalue weighted by Crippen LogP contribution is -2.43. The highest BCUT2D eigenvalue weighted by Crippen LogP contribution is 2.40. The standard InChI is InChI=1S/C31H36F4N4O4/c1-17(2)39(29(40)22-8-6-18(3)7-9-22)26-15-25(32)27(14-23(26)30(41)42)43-28-24(31(33,34)35)13-21(16-36-28)10-11-38-20(5)12-19(4)37-38/h12-18,22H,6-11H2,1-5H3,(H,41,42)/t18-,22-. The smallest absolute Gasteiger partial charge is 0.421 e. The highest BCUT2D eigenvalue weighted by atomic mass is 19.4. The van der Waals surface area contributed by atoms with E-state index in [1.165, 1.54) is 11.1 Å². The number of ether oxygens (including phenoxy) is 1. The van der Waals surface area contributed by atoms with Gasteiger partial charge in [-0.3, -0.25) is 9.48 Å². The third-order valence-electron chi connectivity index (χ3n) is 7.79. The van der Waals surface area contributed by atoms with Gasteiger partial charge < -0.3 is 14.7 Å². The fraction of sp³-hybridized carbons (Fsp3) is 0.484. The number of carboxylic acids is 1. The number of carboxylic acid groups (broad SMARTS) is 1. The van der Waals surface area contributed by atoms with E-state index < -0.39 is 46.8 Å². The molecule has 1 saturated carbocycles. The predicted molar refractivity (Wildman–Crippen MR) is 152 cm³/mol. The van der Waals surface area contributed by atoms with Crippen LogP contribution in [0.25, 0.3) is 0 Å². The Balaban J connectivity index is 1.65. The molecular formula is C31H36F4N4O4. The lowest BCUT2D eigenvalue weighted by molar-refractivity contribution is -0.139. The average molecular weight is 605 g/mol. The fourth-order valence-electron chi connectivity index (χ4n) is 5.50. The fourth-order valence-corrected chi connectivity index (χ4v) is 5.50. The molecule has 1 aromatic carbocycles. The van der Waals surface area contributed by atoms with Crippen LogP contribution in [-0.4, -0.2) is 37.8 Å². The van der Waals surface area contributed by atoms with E-state index in [0.29, 0.717) is 25.3 Å². The molecule has 2 aromatic heterocycles. The normalized spacial score (nSPS) is 17.3. The number of carbonyl (C=O) groups excluding carboxylic acids is 1. The summed E-state index contributed by atoms with van der Waals surface area (Å²) in [5.74, 6) is -4.45. The van der Waals surface area contributed by atoms with E-state index in [9.17, 15) is 27.9 Å². The second-order valence-corrected chi connectivity index (χ2v) is 11.6. The van der Waals surface area contributed by atoms with Crippen molar-refractivity contribution in [3.8, 4) is 11.6 Å². The molecule has 2 heterocycles. The molecule has 1 aliphatic rings. The first kappa shape index (κ1) is 32.0. The molecule has 1 N–H and O–H groups in total. The summed E-state index contributed by atoms with van der Waals surface area (Å²) in [6, 6.07) is 3.86. The van der Waals surface area contributed by atoms with Gasteiger partial charge in [-0.25, -0.2) is 14.2 Å². The number of hydrogen-bond acceptors (Lipinski definition) is 5. The van der Waals surface area contributed by atoms with Crippen LogP contribution in [0.1, 0.15) is 79.3 Å². The third kappa shape index (κ3) is 7.34. The SMILES string of the molecule is Cc1cc(C)n(CCc2cnc(Oc3cc(C(=O)O)c(N(C(=O)[C@H]4CC[C@H](C)CC4)C(C)C)cc3F)c(C(F)(F)F)c2)n1. The minimum Gasteiger partial charge on any atom is -0.478 e. The van der Waals surface area contributed by atoms with Gasteiger partial charge in [0.25, 0.3) is 0 Å². The van der Waals surface area contributed by atoms with Crippen LogP contribution >= 0.6 is 0 Å². The summed E-state index contributed by atoms with van der Waals surface area (Å²) in [4.78, 5) is 30.9. The van der Waals surface area contributed by atoms with Crippen LogP contribution in [0, 0.1) is 31.5 Å². The van der Waals surface area contributed by atoms with Crippen LogP contribution in [0.2, 0.25) is 0 Å². The number of anilines is 1. The zero-order valence-electron chi connectivity index (χ0n) is 24.8. The zero-order valence-corrected chi connectivity index (χ0v) is 24.8. The van der Waals surface area contributed by atoms with Crippen molar-refractivity contribution >= 4 is 17.6 Å². The largest absolute Gasteiger partial charge is 0.478 e. The lowest BCUT2D eigenvalue weighted by atomic mass is 9.82. The quantitative estimate of drug-likeness (QED) is 0.257. The van der Waals surface area contributed by atoms with Gasteiger partial charge in [0.05, 0.1) is 16.9 Å². The van der Waals surface area contributed by atoms with Crippen molar-refractivity contribution in [3.05, 3.63) is 64.4 Å². The monoisotopic (exact) mass is 604 g/mol. The Morgan fingerprint density at radius 2 is 1.79 bits per heavy atom. The Hall–Kier alpha value is -3.96. The van der Waals surface area contributed by atoms with Crippen LogP contribution in [-0.2, 0) is 23.9 Å². The van der Waals surface area contributed by atoms with Gasteiger partial charge in [0.15, 0.2) is 11.6 Å². The Bertz CT molecular complexity index is 1490. The van der Waals surface area contributed by atoms with Gasteiger partial charge in [0, 0.05) is 42.5 Å². The Morgan fingerprint density at radius 3 is 2.35 bits per heavy atom. The summed E-state index contributed by atoms with van der Waals surface area (Å²) in [5.41, 5.74) is 0.0215. The molecular weight excluding hydrogens is 568 g/mol. The number of halogens is 4.